The highest BCUT2D eigenvalue weighted by Gasteiger charge is 2.42. The highest BCUT2D eigenvalue weighted by Crippen LogP contribution is 2.51. The number of allylic oxidation sites excluding steroid dienone is 2. The lowest BCUT2D eigenvalue weighted by Gasteiger charge is -2.48. The van der Waals surface area contributed by atoms with Gasteiger partial charge >= 0.3 is 5.97 Å². The van der Waals surface area contributed by atoms with Gasteiger partial charge in [-0.1, -0.05) is 51.7 Å². The standard InChI is InChI=1S/C26H44O2S/c1-4-6-9-15-26(3,5-2)28-25(27)19-29-18-23-14-10-13-22-16-20-11-7-8-12-21(20)17-24(22)23/h7-8,20-24H,4-6,9-19H2,1-3H3. The summed E-state index contributed by atoms with van der Waals surface area (Å²) in [4.78, 5) is 12.5. The Morgan fingerprint density at radius 2 is 1.83 bits per heavy atom. The summed E-state index contributed by atoms with van der Waals surface area (Å²) in [6.07, 6.45) is 20.1. The number of hydrogen-bond donors (Lipinski definition) is 0. The number of unbranched alkanes of at least 4 members (excludes halogenated alkanes) is 2. The minimum Gasteiger partial charge on any atom is -0.459 e. The van der Waals surface area contributed by atoms with Crippen molar-refractivity contribution in [2.45, 2.75) is 103 Å². The van der Waals surface area contributed by atoms with Crippen LogP contribution in [0.4, 0.5) is 0 Å². The molecule has 2 nitrogen and oxygen atoms in total. The van der Waals surface area contributed by atoms with Gasteiger partial charge in [0.05, 0.1) is 5.75 Å². The van der Waals surface area contributed by atoms with Crippen LogP contribution in [0.1, 0.15) is 97.8 Å². The summed E-state index contributed by atoms with van der Waals surface area (Å²) < 4.78 is 5.93. The van der Waals surface area contributed by atoms with E-state index in [4.69, 9.17) is 4.74 Å². The molecule has 3 aliphatic rings. The van der Waals surface area contributed by atoms with Crippen molar-refractivity contribution in [1.82, 2.24) is 0 Å². The van der Waals surface area contributed by atoms with Gasteiger partial charge in [-0.25, -0.2) is 0 Å². The van der Waals surface area contributed by atoms with Gasteiger partial charge in [0.1, 0.15) is 5.60 Å². The lowest BCUT2D eigenvalue weighted by molar-refractivity contribution is -0.155. The molecule has 3 aliphatic carbocycles. The van der Waals surface area contributed by atoms with Crippen molar-refractivity contribution < 1.29 is 9.53 Å². The van der Waals surface area contributed by atoms with Crippen molar-refractivity contribution in [3.63, 3.8) is 0 Å². The lowest BCUT2D eigenvalue weighted by Crippen LogP contribution is -2.39. The largest absolute Gasteiger partial charge is 0.459 e. The highest BCUT2D eigenvalue weighted by atomic mass is 32.2. The molecular formula is C26H44O2S. The third kappa shape index (κ3) is 6.52. The Hall–Kier alpha value is -0.440. The Kier molecular flexibility index (Phi) is 9.02. The molecule has 0 radical (unpaired) electrons. The minimum absolute atomic E-state index is 0.00401. The summed E-state index contributed by atoms with van der Waals surface area (Å²) in [5.74, 6) is 6.27. The van der Waals surface area contributed by atoms with E-state index in [9.17, 15) is 4.79 Å². The Morgan fingerprint density at radius 1 is 1.07 bits per heavy atom. The van der Waals surface area contributed by atoms with Gasteiger partial charge in [0.25, 0.3) is 0 Å². The molecule has 0 spiro atoms. The summed E-state index contributed by atoms with van der Waals surface area (Å²) in [7, 11) is 0. The van der Waals surface area contributed by atoms with Gasteiger partial charge in [0, 0.05) is 0 Å². The topological polar surface area (TPSA) is 26.3 Å². The molecule has 6 unspecified atom stereocenters. The fraction of sp³-hybridized carbons (Fsp3) is 0.885. The molecule has 6 atom stereocenters. The summed E-state index contributed by atoms with van der Waals surface area (Å²) in [6.45, 7) is 6.48. The zero-order valence-corrected chi connectivity index (χ0v) is 20.0. The first-order valence-electron chi connectivity index (χ1n) is 12.5. The normalized spacial score (nSPS) is 33.4. The second-order valence-electron chi connectivity index (χ2n) is 10.3. The van der Waals surface area contributed by atoms with E-state index in [2.05, 4.69) is 32.9 Å². The molecular weight excluding hydrogens is 376 g/mol. The molecule has 0 saturated heterocycles. The quantitative estimate of drug-likeness (QED) is 0.209. The van der Waals surface area contributed by atoms with Crippen molar-refractivity contribution in [3.05, 3.63) is 12.2 Å². The van der Waals surface area contributed by atoms with E-state index in [0.29, 0.717) is 5.75 Å². The van der Waals surface area contributed by atoms with Crippen LogP contribution in [0.2, 0.25) is 0 Å². The van der Waals surface area contributed by atoms with E-state index in [1.165, 1.54) is 57.8 Å². The molecule has 0 aromatic heterocycles. The summed E-state index contributed by atoms with van der Waals surface area (Å²) in [5.41, 5.74) is -0.268. The number of esters is 1. The third-order valence-electron chi connectivity index (χ3n) is 8.22. The molecule has 3 heteroatoms. The molecule has 29 heavy (non-hydrogen) atoms. The predicted molar refractivity (Wildman–Crippen MR) is 125 cm³/mol. The van der Waals surface area contributed by atoms with Crippen molar-refractivity contribution in [1.29, 1.82) is 0 Å². The van der Waals surface area contributed by atoms with Crippen LogP contribution >= 0.6 is 11.8 Å². The summed E-state index contributed by atoms with van der Waals surface area (Å²) >= 11 is 1.84. The predicted octanol–water partition coefficient (Wildman–Crippen LogP) is 7.42. The van der Waals surface area contributed by atoms with E-state index in [-0.39, 0.29) is 11.6 Å². The highest BCUT2D eigenvalue weighted by molar-refractivity contribution is 7.99. The van der Waals surface area contributed by atoms with Crippen LogP contribution in [0.25, 0.3) is 0 Å². The second-order valence-corrected chi connectivity index (χ2v) is 11.3. The van der Waals surface area contributed by atoms with Crippen LogP contribution < -0.4 is 0 Å². The molecule has 0 heterocycles. The first-order chi connectivity index (χ1) is 14.0. The van der Waals surface area contributed by atoms with E-state index >= 15 is 0 Å². The monoisotopic (exact) mass is 420 g/mol. The van der Waals surface area contributed by atoms with Gasteiger partial charge in [-0.05, 0) is 93.6 Å². The maximum atomic E-state index is 12.5. The van der Waals surface area contributed by atoms with Crippen LogP contribution in [0.3, 0.4) is 0 Å². The number of rotatable bonds is 10. The maximum Gasteiger partial charge on any atom is 0.316 e. The number of carbonyl (C=O) groups excluding carboxylic acids is 1. The van der Waals surface area contributed by atoms with Crippen molar-refractivity contribution in [2.24, 2.45) is 29.6 Å². The average molecular weight is 421 g/mol. The molecule has 3 rings (SSSR count). The van der Waals surface area contributed by atoms with Crippen LogP contribution in [-0.2, 0) is 9.53 Å². The number of fused-ring (bicyclic) bond motifs is 2. The fourth-order valence-electron chi connectivity index (χ4n) is 6.23. The van der Waals surface area contributed by atoms with Crippen molar-refractivity contribution in [2.75, 3.05) is 11.5 Å². The minimum atomic E-state index is -0.268. The van der Waals surface area contributed by atoms with E-state index in [1.54, 1.807) is 0 Å². The summed E-state index contributed by atoms with van der Waals surface area (Å²) in [5, 5.41) is 0. The fourth-order valence-corrected chi connectivity index (χ4v) is 7.29. The zero-order chi connectivity index (χ0) is 20.7. The average Bonchev–Trinajstić information content (AvgIpc) is 2.72. The number of thioether (sulfide) groups is 1. The molecule has 0 aliphatic heterocycles. The molecule has 0 amide bonds. The maximum absolute atomic E-state index is 12.5. The number of carbonyl (C=O) groups is 1. The molecule has 166 valence electrons. The molecule has 0 bridgehead atoms. The van der Waals surface area contributed by atoms with Gasteiger partial charge in [-0.2, -0.15) is 0 Å². The third-order valence-corrected chi connectivity index (χ3v) is 9.33. The smallest absolute Gasteiger partial charge is 0.316 e. The Balaban J connectivity index is 1.43. The molecule has 0 aromatic rings. The lowest BCUT2D eigenvalue weighted by atomic mass is 9.58. The van der Waals surface area contributed by atoms with E-state index < -0.39 is 0 Å². The van der Waals surface area contributed by atoms with Crippen molar-refractivity contribution in [3.8, 4) is 0 Å². The van der Waals surface area contributed by atoms with Gasteiger partial charge in [-0.15, -0.1) is 11.8 Å². The Morgan fingerprint density at radius 3 is 2.55 bits per heavy atom. The number of hydrogen-bond acceptors (Lipinski definition) is 3. The first kappa shape index (κ1) is 23.2. The van der Waals surface area contributed by atoms with E-state index in [1.807, 2.05) is 11.8 Å². The zero-order valence-electron chi connectivity index (χ0n) is 19.2. The van der Waals surface area contributed by atoms with Gasteiger partial charge < -0.3 is 4.74 Å². The summed E-state index contributed by atoms with van der Waals surface area (Å²) in [6, 6.07) is 0. The Labute approximate surface area is 184 Å². The van der Waals surface area contributed by atoms with E-state index in [0.717, 1.165) is 54.6 Å². The van der Waals surface area contributed by atoms with Gasteiger partial charge in [-0.3, -0.25) is 4.79 Å². The van der Waals surface area contributed by atoms with Crippen LogP contribution in [0.5, 0.6) is 0 Å². The van der Waals surface area contributed by atoms with Crippen LogP contribution in [0.15, 0.2) is 12.2 Å². The van der Waals surface area contributed by atoms with Gasteiger partial charge in [0.15, 0.2) is 0 Å². The molecule has 2 fully saturated rings. The SMILES string of the molecule is CCCCCC(C)(CC)OC(=O)CSCC1CCCC2CC3CC=CCC3CC12. The van der Waals surface area contributed by atoms with Gasteiger partial charge in [0.2, 0.25) is 0 Å². The molecule has 0 N–H and O–H groups in total. The van der Waals surface area contributed by atoms with Crippen LogP contribution in [0, 0.1) is 29.6 Å². The first-order valence-corrected chi connectivity index (χ1v) is 13.6. The Bertz CT molecular complexity index is 545. The van der Waals surface area contributed by atoms with Crippen molar-refractivity contribution >= 4 is 17.7 Å². The number of ether oxygens (including phenoxy) is 1. The molecule has 2 saturated carbocycles. The molecule has 0 aromatic carbocycles. The second kappa shape index (κ2) is 11.3. The van der Waals surface area contributed by atoms with Crippen LogP contribution in [-0.4, -0.2) is 23.1 Å².